The summed E-state index contributed by atoms with van der Waals surface area (Å²) in [6.45, 7) is 0. The number of benzene rings is 2. The van der Waals surface area contributed by atoms with Crippen LogP contribution in [0.5, 0.6) is 5.75 Å². The Kier molecular flexibility index (Phi) is 5.40. The molecule has 0 spiro atoms. The maximum atomic E-state index is 13.3. The Morgan fingerprint density at radius 3 is 2.48 bits per heavy atom. The first kappa shape index (κ1) is 16.2. The molecule has 0 saturated heterocycles. The number of phenolic OH excluding ortho intramolecular Hbond substituents is 1. The van der Waals surface area contributed by atoms with Crippen LogP contribution in [0.3, 0.4) is 0 Å². The molecule has 0 radical (unpaired) electrons. The van der Waals surface area contributed by atoms with Crippen LogP contribution in [0.1, 0.15) is 12.0 Å². The van der Waals surface area contributed by atoms with Gasteiger partial charge in [0.25, 0.3) is 0 Å². The number of para-hydroxylation sites is 1. The minimum atomic E-state index is -0.646. The fraction of sp³-hybridized carbons (Fsp3) is 0.0625. The van der Waals surface area contributed by atoms with Crippen molar-refractivity contribution in [3.8, 4) is 5.75 Å². The molecule has 7 heteroatoms. The molecule has 0 aliphatic heterocycles. The van der Waals surface area contributed by atoms with E-state index in [9.17, 15) is 14.0 Å². The van der Waals surface area contributed by atoms with Crippen LogP contribution >= 0.6 is 0 Å². The second kappa shape index (κ2) is 7.69. The van der Waals surface area contributed by atoms with Crippen molar-refractivity contribution in [2.45, 2.75) is 6.42 Å². The van der Waals surface area contributed by atoms with Crippen LogP contribution in [0.15, 0.2) is 53.6 Å². The monoisotopic (exact) mass is 315 g/mol. The lowest BCUT2D eigenvalue weighted by atomic mass is 10.2. The minimum absolute atomic E-state index is 0.0119. The van der Waals surface area contributed by atoms with Gasteiger partial charge in [-0.3, -0.25) is 9.59 Å². The van der Waals surface area contributed by atoms with E-state index in [0.717, 1.165) is 0 Å². The van der Waals surface area contributed by atoms with Crippen molar-refractivity contribution >= 4 is 23.7 Å². The summed E-state index contributed by atoms with van der Waals surface area (Å²) in [5, 5.41) is 15.1. The number of anilines is 1. The van der Waals surface area contributed by atoms with E-state index in [2.05, 4.69) is 15.8 Å². The number of amides is 2. The van der Waals surface area contributed by atoms with Gasteiger partial charge in [0.1, 0.15) is 18.0 Å². The van der Waals surface area contributed by atoms with Gasteiger partial charge >= 0.3 is 0 Å². The average molecular weight is 315 g/mol. The van der Waals surface area contributed by atoms with Crippen LogP contribution in [-0.2, 0) is 9.59 Å². The van der Waals surface area contributed by atoms with E-state index in [4.69, 9.17) is 5.11 Å². The maximum Gasteiger partial charge on any atom is 0.249 e. The highest BCUT2D eigenvalue weighted by atomic mass is 19.1. The highest BCUT2D eigenvalue weighted by molar-refractivity contribution is 6.03. The highest BCUT2D eigenvalue weighted by Gasteiger charge is 2.10. The molecule has 0 aliphatic carbocycles. The number of rotatable bonds is 5. The number of halogens is 1. The normalized spacial score (nSPS) is 10.5. The quantitative estimate of drug-likeness (QED) is 0.448. The third-order valence-corrected chi connectivity index (χ3v) is 2.77. The Morgan fingerprint density at radius 1 is 1.09 bits per heavy atom. The van der Waals surface area contributed by atoms with E-state index in [1.54, 1.807) is 18.2 Å². The van der Waals surface area contributed by atoms with Crippen molar-refractivity contribution in [3.05, 3.63) is 59.9 Å². The Morgan fingerprint density at radius 2 is 1.78 bits per heavy atom. The summed E-state index contributed by atoms with van der Waals surface area (Å²) >= 11 is 0. The molecule has 0 bridgehead atoms. The fourth-order valence-electron chi connectivity index (χ4n) is 1.68. The van der Waals surface area contributed by atoms with Crippen molar-refractivity contribution in [1.29, 1.82) is 0 Å². The second-order valence-electron chi connectivity index (χ2n) is 4.59. The lowest BCUT2D eigenvalue weighted by molar-refractivity contribution is -0.126. The van der Waals surface area contributed by atoms with E-state index in [-0.39, 0.29) is 11.4 Å². The molecule has 2 aromatic carbocycles. The summed E-state index contributed by atoms with van der Waals surface area (Å²) in [4.78, 5) is 23.2. The Bertz CT molecular complexity index is 730. The van der Waals surface area contributed by atoms with E-state index in [1.165, 1.54) is 36.5 Å². The predicted octanol–water partition coefficient (Wildman–Crippen LogP) is 2.01. The minimum Gasteiger partial charge on any atom is -0.508 e. The lowest BCUT2D eigenvalue weighted by Crippen LogP contribution is -2.24. The first-order valence-corrected chi connectivity index (χ1v) is 6.70. The topological polar surface area (TPSA) is 90.8 Å². The average Bonchev–Trinajstić information content (AvgIpc) is 2.51. The summed E-state index contributed by atoms with van der Waals surface area (Å²) in [6.07, 6.45) is 0.882. The zero-order chi connectivity index (χ0) is 16.7. The number of nitrogens with zero attached hydrogens (tertiary/aromatic N) is 1. The molecule has 0 atom stereocenters. The Hall–Kier alpha value is -3.22. The van der Waals surface area contributed by atoms with Gasteiger partial charge < -0.3 is 10.4 Å². The van der Waals surface area contributed by atoms with Crippen LogP contribution < -0.4 is 10.7 Å². The molecule has 2 aromatic rings. The molecule has 118 valence electrons. The molecular formula is C16H14FN3O3. The van der Waals surface area contributed by atoms with E-state index in [1.807, 2.05) is 0 Å². The number of nitrogens with one attached hydrogen (secondary N) is 2. The van der Waals surface area contributed by atoms with Gasteiger partial charge in [-0.2, -0.15) is 5.10 Å². The number of phenols is 1. The van der Waals surface area contributed by atoms with Gasteiger partial charge in [0.15, 0.2) is 0 Å². The van der Waals surface area contributed by atoms with E-state index < -0.39 is 24.1 Å². The van der Waals surface area contributed by atoms with Crippen LogP contribution in [0, 0.1) is 5.82 Å². The summed E-state index contributed by atoms with van der Waals surface area (Å²) < 4.78 is 13.3. The lowest BCUT2D eigenvalue weighted by Gasteiger charge is -2.05. The molecule has 6 nitrogen and oxygen atoms in total. The van der Waals surface area contributed by atoms with Gasteiger partial charge in [0.2, 0.25) is 11.8 Å². The van der Waals surface area contributed by atoms with Crippen LogP contribution in [0.25, 0.3) is 0 Å². The zero-order valence-electron chi connectivity index (χ0n) is 12.0. The van der Waals surface area contributed by atoms with Gasteiger partial charge in [0.05, 0.1) is 11.9 Å². The Balaban J connectivity index is 1.81. The van der Waals surface area contributed by atoms with Crippen LogP contribution in [-0.4, -0.2) is 23.1 Å². The highest BCUT2D eigenvalue weighted by Crippen LogP contribution is 2.12. The summed E-state index contributed by atoms with van der Waals surface area (Å²) in [7, 11) is 0. The van der Waals surface area contributed by atoms with Gasteiger partial charge in [-0.15, -0.1) is 0 Å². The smallest absolute Gasteiger partial charge is 0.249 e. The summed E-state index contributed by atoms with van der Waals surface area (Å²) in [5.41, 5.74) is 2.87. The molecular weight excluding hydrogens is 301 g/mol. The number of carbonyl (C=O) groups is 2. The zero-order valence-corrected chi connectivity index (χ0v) is 12.0. The molecule has 23 heavy (non-hydrogen) atoms. The molecule has 3 N–H and O–H groups in total. The van der Waals surface area contributed by atoms with Crippen molar-refractivity contribution < 1.29 is 19.1 Å². The Labute approximate surface area is 131 Å². The van der Waals surface area contributed by atoms with Crippen molar-refractivity contribution in [1.82, 2.24) is 5.43 Å². The third kappa shape index (κ3) is 5.24. The number of hydrazone groups is 1. The first-order chi connectivity index (χ1) is 11.0. The first-order valence-electron chi connectivity index (χ1n) is 6.70. The van der Waals surface area contributed by atoms with Gasteiger partial charge in [0, 0.05) is 0 Å². The molecule has 2 rings (SSSR count). The molecule has 0 unspecified atom stereocenters. The summed E-state index contributed by atoms with van der Waals surface area (Å²) in [5.74, 6) is -1.73. The van der Waals surface area contributed by atoms with Crippen molar-refractivity contribution in [2.24, 2.45) is 5.10 Å². The molecule has 0 aliphatic rings. The predicted molar refractivity (Wildman–Crippen MR) is 83.5 cm³/mol. The summed E-state index contributed by atoms with van der Waals surface area (Å²) in [6, 6.07) is 11.8. The van der Waals surface area contributed by atoms with Crippen molar-refractivity contribution in [2.75, 3.05) is 5.32 Å². The van der Waals surface area contributed by atoms with Crippen LogP contribution in [0.2, 0.25) is 0 Å². The van der Waals surface area contributed by atoms with E-state index >= 15 is 0 Å². The second-order valence-corrected chi connectivity index (χ2v) is 4.59. The number of aromatic hydroxyl groups is 1. The number of hydrogen-bond donors (Lipinski definition) is 3. The van der Waals surface area contributed by atoms with Crippen LogP contribution in [0.4, 0.5) is 10.1 Å². The number of carbonyl (C=O) groups excluding carboxylic acids is 2. The largest absolute Gasteiger partial charge is 0.508 e. The van der Waals surface area contributed by atoms with Crippen molar-refractivity contribution in [3.63, 3.8) is 0 Å². The molecule has 0 fully saturated rings. The molecule has 0 aromatic heterocycles. The number of hydrogen-bond acceptors (Lipinski definition) is 4. The third-order valence-electron chi connectivity index (χ3n) is 2.77. The molecule has 0 saturated carbocycles. The fourth-order valence-corrected chi connectivity index (χ4v) is 1.68. The standard InChI is InChI=1S/C16H14FN3O3/c17-13-3-1-2-4-14(13)19-15(22)9-16(23)20-18-10-11-5-7-12(21)8-6-11/h1-8,10,21H,9H2,(H,19,22)(H,20,23). The SMILES string of the molecule is O=C(CC(=O)Nc1ccccc1F)NN=Cc1ccc(O)cc1. The van der Waals surface area contributed by atoms with Gasteiger partial charge in [-0.05, 0) is 42.0 Å². The van der Waals surface area contributed by atoms with Gasteiger partial charge in [-0.25, -0.2) is 9.82 Å². The molecule has 0 heterocycles. The van der Waals surface area contributed by atoms with Gasteiger partial charge in [-0.1, -0.05) is 12.1 Å². The molecule has 2 amide bonds. The maximum absolute atomic E-state index is 13.3. The van der Waals surface area contributed by atoms with E-state index in [0.29, 0.717) is 5.56 Å².